The smallest absolute Gasteiger partial charge is 0.262 e. The Morgan fingerprint density at radius 3 is 2.84 bits per heavy atom. The molecule has 19 heavy (non-hydrogen) atoms. The molecule has 6 heteroatoms. The number of hydrogen-bond acceptors (Lipinski definition) is 3. The van der Waals surface area contributed by atoms with E-state index in [1.165, 1.54) is 25.3 Å². The first-order valence-electron chi connectivity index (χ1n) is 5.38. The number of halogens is 2. The Balaban J connectivity index is 2.33. The molecule has 0 saturated heterocycles. The molecule has 0 aliphatic carbocycles. The van der Waals surface area contributed by atoms with Crippen molar-refractivity contribution in [3.8, 4) is 5.75 Å². The minimum Gasteiger partial charge on any atom is -0.496 e. The van der Waals surface area contributed by atoms with E-state index in [4.69, 9.17) is 4.74 Å². The lowest BCUT2D eigenvalue weighted by Gasteiger charge is -2.10. The molecule has 2 rings (SSSR count). The summed E-state index contributed by atoms with van der Waals surface area (Å²) in [6.45, 7) is 0. The zero-order valence-electron chi connectivity index (χ0n) is 9.98. The number of benzene rings is 1. The van der Waals surface area contributed by atoms with Crippen molar-refractivity contribution in [2.24, 2.45) is 0 Å². The average molecular weight is 325 g/mol. The summed E-state index contributed by atoms with van der Waals surface area (Å²) in [5.41, 5.74) is 0.318. The topological polar surface area (TPSA) is 51.2 Å². The first kappa shape index (κ1) is 13.5. The van der Waals surface area contributed by atoms with Crippen LogP contribution in [0.25, 0.3) is 0 Å². The lowest BCUT2D eigenvalue weighted by Crippen LogP contribution is -2.15. The molecule has 1 aromatic carbocycles. The fraction of sp³-hybridized carbons (Fsp3) is 0.0769. The zero-order valence-corrected chi connectivity index (χ0v) is 11.6. The van der Waals surface area contributed by atoms with Gasteiger partial charge >= 0.3 is 0 Å². The molecule has 0 aliphatic rings. The molecule has 98 valence electrons. The zero-order chi connectivity index (χ0) is 13.8. The number of carbonyl (C=O) groups is 1. The molecule has 0 unspecified atom stereocenters. The van der Waals surface area contributed by atoms with E-state index in [1.807, 2.05) is 0 Å². The van der Waals surface area contributed by atoms with Gasteiger partial charge in [0.25, 0.3) is 5.91 Å². The Bertz CT molecular complexity index is 619. The van der Waals surface area contributed by atoms with Crippen molar-refractivity contribution >= 4 is 27.5 Å². The highest BCUT2D eigenvalue weighted by atomic mass is 79.9. The van der Waals surface area contributed by atoms with E-state index in [9.17, 15) is 9.18 Å². The third kappa shape index (κ3) is 2.90. The maximum atomic E-state index is 13.7. The molecule has 0 spiro atoms. The summed E-state index contributed by atoms with van der Waals surface area (Å²) in [4.78, 5) is 16.1. The van der Waals surface area contributed by atoms with Crippen molar-refractivity contribution in [3.05, 3.63) is 52.5 Å². The van der Waals surface area contributed by atoms with E-state index in [-0.39, 0.29) is 11.3 Å². The average Bonchev–Trinajstić information content (AvgIpc) is 2.40. The van der Waals surface area contributed by atoms with Gasteiger partial charge in [0.05, 0.1) is 12.8 Å². The van der Waals surface area contributed by atoms with Crippen LogP contribution in [-0.2, 0) is 0 Å². The summed E-state index contributed by atoms with van der Waals surface area (Å²) >= 11 is 3.20. The predicted molar refractivity (Wildman–Crippen MR) is 72.8 cm³/mol. The highest BCUT2D eigenvalue weighted by Crippen LogP contribution is 2.24. The summed E-state index contributed by atoms with van der Waals surface area (Å²) in [5, 5.41) is 2.57. The summed E-state index contributed by atoms with van der Waals surface area (Å²) in [6, 6.07) is 7.53. The van der Waals surface area contributed by atoms with Crippen LogP contribution in [0.3, 0.4) is 0 Å². The largest absolute Gasteiger partial charge is 0.496 e. The Kier molecular flexibility index (Phi) is 4.11. The molecule has 1 heterocycles. The number of ether oxygens (including phenoxy) is 1. The van der Waals surface area contributed by atoms with Crippen molar-refractivity contribution < 1.29 is 13.9 Å². The molecule has 1 aromatic heterocycles. The van der Waals surface area contributed by atoms with Gasteiger partial charge in [-0.25, -0.2) is 9.37 Å². The first-order chi connectivity index (χ1) is 9.13. The van der Waals surface area contributed by atoms with Crippen LogP contribution in [0, 0.1) is 5.82 Å². The number of nitrogens with one attached hydrogen (secondary N) is 1. The molecule has 0 atom stereocenters. The lowest BCUT2D eigenvalue weighted by atomic mass is 10.1. The second kappa shape index (κ2) is 5.79. The molecule has 0 saturated carbocycles. The summed E-state index contributed by atoms with van der Waals surface area (Å²) in [5.74, 6) is -1.06. The van der Waals surface area contributed by atoms with Crippen LogP contribution in [0.1, 0.15) is 10.4 Å². The van der Waals surface area contributed by atoms with Gasteiger partial charge in [0.2, 0.25) is 0 Å². The number of amides is 1. The second-order valence-electron chi connectivity index (χ2n) is 3.61. The minimum atomic E-state index is -0.642. The number of pyridine rings is 1. The Labute approximate surface area is 117 Å². The monoisotopic (exact) mass is 324 g/mol. The van der Waals surface area contributed by atoms with E-state index in [1.54, 1.807) is 18.3 Å². The van der Waals surface area contributed by atoms with Gasteiger partial charge in [-0.2, -0.15) is 0 Å². The number of methoxy groups -OCH3 is 1. The number of anilines is 1. The normalized spacial score (nSPS) is 10.1. The highest BCUT2D eigenvalue weighted by Gasteiger charge is 2.18. The Morgan fingerprint density at radius 1 is 1.37 bits per heavy atom. The maximum Gasteiger partial charge on any atom is 0.262 e. The van der Waals surface area contributed by atoms with Crippen LogP contribution in [0.5, 0.6) is 5.75 Å². The van der Waals surface area contributed by atoms with Crippen LogP contribution in [-0.4, -0.2) is 18.0 Å². The predicted octanol–water partition coefficient (Wildman–Crippen LogP) is 3.24. The molecule has 0 aliphatic heterocycles. The standard InChI is InChI=1S/C13H10BrFN2O2/c1-19-10-6-2-4-8(15)11(10)13(18)17-9-5-3-7-16-12(9)14/h2-7H,1H3,(H,17,18). The SMILES string of the molecule is COc1cccc(F)c1C(=O)Nc1cccnc1Br. The summed E-state index contributed by atoms with van der Waals surface area (Å²) in [6.07, 6.45) is 1.57. The molecule has 0 fully saturated rings. The molecular formula is C13H10BrFN2O2. The third-order valence-electron chi connectivity index (χ3n) is 2.43. The summed E-state index contributed by atoms with van der Waals surface area (Å²) in [7, 11) is 1.38. The number of hydrogen-bond donors (Lipinski definition) is 1. The Hall–Kier alpha value is -1.95. The van der Waals surface area contributed by atoms with Crippen molar-refractivity contribution in [1.82, 2.24) is 4.98 Å². The fourth-order valence-corrected chi connectivity index (χ4v) is 1.91. The molecule has 1 amide bonds. The molecule has 2 aromatic rings. The van der Waals surface area contributed by atoms with Gasteiger partial charge in [-0.15, -0.1) is 0 Å². The van der Waals surface area contributed by atoms with Gasteiger partial charge in [-0.05, 0) is 40.2 Å². The quantitative estimate of drug-likeness (QED) is 0.882. The van der Waals surface area contributed by atoms with E-state index < -0.39 is 11.7 Å². The van der Waals surface area contributed by atoms with Crippen molar-refractivity contribution in [3.63, 3.8) is 0 Å². The number of carbonyl (C=O) groups excluding carboxylic acids is 1. The molecule has 4 nitrogen and oxygen atoms in total. The third-order valence-corrected chi connectivity index (χ3v) is 3.06. The molecule has 0 radical (unpaired) electrons. The van der Waals surface area contributed by atoms with E-state index in [0.717, 1.165) is 0 Å². The molecule has 0 bridgehead atoms. The maximum absolute atomic E-state index is 13.7. The van der Waals surface area contributed by atoms with E-state index >= 15 is 0 Å². The number of aromatic nitrogens is 1. The van der Waals surface area contributed by atoms with Gasteiger partial charge < -0.3 is 10.1 Å². The first-order valence-corrected chi connectivity index (χ1v) is 6.17. The van der Waals surface area contributed by atoms with E-state index in [2.05, 4.69) is 26.2 Å². The van der Waals surface area contributed by atoms with Gasteiger partial charge in [-0.1, -0.05) is 6.07 Å². The fourth-order valence-electron chi connectivity index (χ4n) is 1.56. The minimum absolute atomic E-state index is 0.138. The highest BCUT2D eigenvalue weighted by molar-refractivity contribution is 9.10. The van der Waals surface area contributed by atoms with Crippen LogP contribution in [0.2, 0.25) is 0 Å². The van der Waals surface area contributed by atoms with E-state index in [0.29, 0.717) is 10.3 Å². The van der Waals surface area contributed by atoms with Crippen LogP contribution < -0.4 is 10.1 Å². The van der Waals surface area contributed by atoms with Gasteiger partial charge in [0.15, 0.2) is 0 Å². The molecular weight excluding hydrogens is 315 g/mol. The van der Waals surface area contributed by atoms with Crippen molar-refractivity contribution in [2.45, 2.75) is 0 Å². The van der Waals surface area contributed by atoms with Crippen LogP contribution in [0.4, 0.5) is 10.1 Å². The second-order valence-corrected chi connectivity index (χ2v) is 4.36. The van der Waals surface area contributed by atoms with Gasteiger partial charge in [-0.3, -0.25) is 4.79 Å². The number of nitrogens with zero attached hydrogens (tertiary/aromatic N) is 1. The summed E-state index contributed by atoms with van der Waals surface area (Å²) < 4.78 is 19.2. The molecule has 1 N–H and O–H groups in total. The van der Waals surface area contributed by atoms with Crippen molar-refractivity contribution in [1.29, 1.82) is 0 Å². The number of rotatable bonds is 3. The van der Waals surface area contributed by atoms with Crippen molar-refractivity contribution in [2.75, 3.05) is 12.4 Å². The van der Waals surface area contributed by atoms with Gasteiger partial charge in [0, 0.05) is 6.20 Å². The van der Waals surface area contributed by atoms with Crippen LogP contribution in [0.15, 0.2) is 41.1 Å². The Morgan fingerprint density at radius 2 is 2.16 bits per heavy atom. The lowest BCUT2D eigenvalue weighted by molar-refractivity contribution is 0.102. The van der Waals surface area contributed by atoms with Gasteiger partial charge in [0.1, 0.15) is 21.7 Å². The van der Waals surface area contributed by atoms with Crippen LogP contribution >= 0.6 is 15.9 Å².